The van der Waals surface area contributed by atoms with Gasteiger partial charge in [0.2, 0.25) is 6.29 Å². The molecular formula is C24H29N3O7. The first-order valence-electron chi connectivity index (χ1n) is 11.2. The van der Waals surface area contributed by atoms with Crippen LogP contribution in [0.2, 0.25) is 0 Å². The van der Waals surface area contributed by atoms with Gasteiger partial charge in [-0.1, -0.05) is 38.0 Å². The topological polar surface area (TPSA) is 140 Å². The van der Waals surface area contributed by atoms with Crippen LogP contribution in [-0.4, -0.2) is 40.8 Å². The lowest BCUT2D eigenvalue weighted by molar-refractivity contribution is -0.384. The number of nitrogens with one attached hydrogen (secondary N) is 2. The van der Waals surface area contributed by atoms with Gasteiger partial charge in [-0.2, -0.15) is 0 Å². The Hall–Kier alpha value is -3.66. The van der Waals surface area contributed by atoms with Crippen molar-refractivity contribution >= 4 is 23.3 Å². The summed E-state index contributed by atoms with van der Waals surface area (Å²) in [6.07, 6.45) is 2.07. The number of para-hydroxylation sites is 1. The Bertz CT molecular complexity index is 1040. The normalized spacial score (nSPS) is 16.5. The predicted molar refractivity (Wildman–Crippen MR) is 125 cm³/mol. The molecule has 0 fully saturated rings. The molecule has 1 amide bonds. The molecule has 0 unspecified atom stereocenters. The summed E-state index contributed by atoms with van der Waals surface area (Å²) in [6.45, 7) is 4.12. The van der Waals surface area contributed by atoms with Crippen molar-refractivity contribution in [1.82, 2.24) is 5.32 Å². The Morgan fingerprint density at radius 3 is 2.74 bits per heavy atom. The van der Waals surface area contributed by atoms with Crippen LogP contribution in [0.1, 0.15) is 49.0 Å². The summed E-state index contributed by atoms with van der Waals surface area (Å²) in [5.74, 6) is -1.07. The first-order valence-corrected chi connectivity index (χ1v) is 11.2. The number of aliphatic carboxylic acids is 1. The van der Waals surface area contributed by atoms with E-state index in [4.69, 9.17) is 9.47 Å². The number of rotatable bonds is 11. The van der Waals surface area contributed by atoms with Gasteiger partial charge in [-0.25, -0.2) is 0 Å². The second-order valence-corrected chi connectivity index (χ2v) is 8.21. The molecule has 3 rings (SSSR count). The number of carboxylic acid groups (broad SMARTS) is 1. The Morgan fingerprint density at radius 2 is 2.03 bits per heavy atom. The zero-order chi connectivity index (χ0) is 24.7. The van der Waals surface area contributed by atoms with Crippen molar-refractivity contribution in [1.29, 1.82) is 0 Å². The van der Waals surface area contributed by atoms with Gasteiger partial charge in [0.15, 0.2) is 0 Å². The Labute approximate surface area is 197 Å². The summed E-state index contributed by atoms with van der Waals surface area (Å²) in [6, 6.07) is 10.3. The van der Waals surface area contributed by atoms with Crippen LogP contribution in [0, 0.1) is 16.0 Å². The molecule has 0 radical (unpaired) electrons. The number of unbranched alkanes of at least 4 members (excludes halogenated alkanes) is 1. The van der Waals surface area contributed by atoms with Gasteiger partial charge < -0.3 is 25.2 Å². The maximum atomic E-state index is 13.0. The highest BCUT2D eigenvalue weighted by Crippen LogP contribution is 2.30. The number of non-ortho nitro benzene ring substituents is 1. The molecule has 0 saturated heterocycles. The molecule has 0 aliphatic carbocycles. The molecular weight excluding hydrogens is 442 g/mol. The Balaban J connectivity index is 1.76. The summed E-state index contributed by atoms with van der Waals surface area (Å²) in [5.41, 5.74) is 0.878. The second kappa shape index (κ2) is 11.5. The van der Waals surface area contributed by atoms with Crippen molar-refractivity contribution in [3.05, 3.63) is 63.7 Å². The molecule has 2 aromatic rings. The second-order valence-electron chi connectivity index (χ2n) is 8.21. The summed E-state index contributed by atoms with van der Waals surface area (Å²) in [4.78, 5) is 34.9. The third-order valence-electron chi connectivity index (χ3n) is 5.66. The number of hydrogen-bond donors (Lipinski definition) is 3. The maximum Gasteiger partial charge on any atom is 0.325 e. The molecule has 1 aliphatic heterocycles. The average molecular weight is 472 g/mol. The number of nitro groups is 1. The molecule has 10 heteroatoms. The van der Waals surface area contributed by atoms with Crippen LogP contribution >= 0.6 is 0 Å². The first kappa shape index (κ1) is 25.0. The molecule has 0 bridgehead atoms. The number of ether oxygens (including phenoxy) is 2. The van der Waals surface area contributed by atoms with Gasteiger partial charge >= 0.3 is 5.97 Å². The van der Waals surface area contributed by atoms with E-state index in [1.54, 1.807) is 0 Å². The van der Waals surface area contributed by atoms with Crippen LogP contribution in [0.3, 0.4) is 0 Å². The Morgan fingerprint density at radius 1 is 1.26 bits per heavy atom. The first-order chi connectivity index (χ1) is 16.3. The van der Waals surface area contributed by atoms with Crippen LogP contribution in [0.4, 0.5) is 11.4 Å². The molecule has 182 valence electrons. The smallest absolute Gasteiger partial charge is 0.325 e. The van der Waals surface area contributed by atoms with E-state index in [2.05, 4.69) is 17.6 Å². The highest BCUT2D eigenvalue weighted by atomic mass is 16.7. The number of nitro benzene ring substituents is 1. The molecule has 10 nitrogen and oxygen atoms in total. The summed E-state index contributed by atoms with van der Waals surface area (Å²) < 4.78 is 12.0. The van der Waals surface area contributed by atoms with Gasteiger partial charge in [0.25, 0.3) is 11.6 Å². The van der Waals surface area contributed by atoms with Gasteiger partial charge in [0.05, 0.1) is 17.1 Å². The summed E-state index contributed by atoms with van der Waals surface area (Å²) in [5, 5.41) is 26.0. The molecule has 0 saturated carbocycles. The number of carbonyl (C=O) groups excluding carboxylic acids is 1. The third-order valence-corrected chi connectivity index (χ3v) is 5.66. The molecule has 3 N–H and O–H groups in total. The van der Waals surface area contributed by atoms with Crippen molar-refractivity contribution in [2.75, 3.05) is 11.9 Å². The van der Waals surface area contributed by atoms with Crippen molar-refractivity contribution in [2.24, 2.45) is 5.92 Å². The van der Waals surface area contributed by atoms with Gasteiger partial charge in [-0.3, -0.25) is 19.7 Å². The molecule has 0 aromatic heterocycles. The van der Waals surface area contributed by atoms with E-state index in [0.29, 0.717) is 6.61 Å². The molecule has 2 aromatic carbocycles. The number of amides is 1. The average Bonchev–Trinajstić information content (AvgIpc) is 2.83. The molecule has 34 heavy (non-hydrogen) atoms. The van der Waals surface area contributed by atoms with Crippen molar-refractivity contribution < 1.29 is 29.1 Å². The lowest BCUT2D eigenvalue weighted by Crippen LogP contribution is -2.41. The number of anilines is 1. The van der Waals surface area contributed by atoms with Gasteiger partial charge in [-0.15, -0.1) is 0 Å². The fourth-order valence-corrected chi connectivity index (χ4v) is 3.68. The number of carboxylic acids is 1. The maximum absolute atomic E-state index is 13.0. The predicted octanol–water partition coefficient (Wildman–Crippen LogP) is 3.95. The van der Waals surface area contributed by atoms with Crippen molar-refractivity contribution in [3.8, 4) is 5.75 Å². The SMILES string of the molecule is CCCC[C@@H](CNC(=O)c1cc([N+](=O)[O-])ccc1N[C@@H](C)C(=O)O)[C@H]1OCc2ccccc2O1. The number of nitrogens with zero attached hydrogens (tertiary/aromatic N) is 1. The molecule has 1 aliphatic rings. The van der Waals surface area contributed by atoms with E-state index >= 15 is 0 Å². The van der Waals surface area contributed by atoms with Crippen LogP contribution < -0.4 is 15.4 Å². The summed E-state index contributed by atoms with van der Waals surface area (Å²) in [7, 11) is 0. The lowest BCUT2D eigenvalue weighted by Gasteiger charge is -2.32. The van der Waals surface area contributed by atoms with Crippen molar-refractivity contribution in [3.63, 3.8) is 0 Å². The standard InChI is InChI=1S/C24H29N3O7/c1-3-4-7-16(24-33-14-17-8-5-6-9-21(17)34-24)13-25-22(28)19-12-18(27(31)32)10-11-20(19)26-15(2)23(29)30/h5-6,8-12,15-16,24,26H,3-4,7,13-14H2,1-2H3,(H,25,28)(H,29,30)/t15-,16-,24-/m0/s1. The monoisotopic (exact) mass is 471 g/mol. The zero-order valence-electron chi connectivity index (χ0n) is 19.2. The minimum atomic E-state index is -1.11. The largest absolute Gasteiger partial charge is 0.480 e. The Kier molecular flexibility index (Phi) is 8.42. The van der Waals surface area contributed by atoms with Crippen LogP contribution in [0.25, 0.3) is 0 Å². The number of fused-ring (bicyclic) bond motifs is 1. The zero-order valence-corrected chi connectivity index (χ0v) is 19.2. The van der Waals surface area contributed by atoms with E-state index in [-0.39, 0.29) is 29.4 Å². The lowest BCUT2D eigenvalue weighted by atomic mass is 10.00. The minimum absolute atomic E-state index is 0.00707. The third kappa shape index (κ3) is 6.22. The highest BCUT2D eigenvalue weighted by Gasteiger charge is 2.29. The van der Waals surface area contributed by atoms with Crippen LogP contribution in [0.15, 0.2) is 42.5 Å². The van der Waals surface area contributed by atoms with Gasteiger partial charge in [-0.05, 0) is 25.5 Å². The van der Waals surface area contributed by atoms with Crippen LogP contribution in [0.5, 0.6) is 5.75 Å². The quantitative estimate of drug-likeness (QED) is 0.331. The van der Waals surface area contributed by atoms with E-state index in [9.17, 15) is 24.8 Å². The molecule has 0 spiro atoms. The van der Waals surface area contributed by atoms with E-state index in [1.807, 2.05) is 24.3 Å². The number of carbonyl (C=O) groups is 2. The fourth-order valence-electron chi connectivity index (χ4n) is 3.68. The fraction of sp³-hybridized carbons (Fsp3) is 0.417. The van der Waals surface area contributed by atoms with Gasteiger partial charge in [0, 0.05) is 35.8 Å². The van der Waals surface area contributed by atoms with Crippen molar-refractivity contribution in [2.45, 2.75) is 52.0 Å². The summed E-state index contributed by atoms with van der Waals surface area (Å²) >= 11 is 0. The molecule has 1 heterocycles. The van der Waals surface area contributed by atoms with Crippen LogP contribution in [-0.2, 0) is 16.1 Å². The van der Waals surface area contributed by atoms with Gasteiger partial charge in [0.1, 0.15) is 11.8 Å². The van der Waals surface area contributed by atoms with E-state index in [1.165, 1.54) is 19.1 Å². The molecule has 3 atom stereocenters. The highest BCUT2D eigenvalue weighted by molar-refractivity contribution is 6.00. The van der Waals surface area contributed by atoms with E-state index in [0.717, 1.165) is 36.6 Å². The van der Waals surface area contributed by atoms with E-state index < -0.39 is 29.1 Å². The number of hydrogen-bond acceptors (Lipinski definition) is 7. The minimum Gasteiger partial charge on any atom is -0.480 e. The number of benzene rings is 2.